The van der Waals surface area contributed by atoms with Crippen LogP contribution in [0.4, 0.5) is 0 Å². The number of aromatic nitrogens is 2. The van der Waals surface area contributed by atoms with E-state index in [-0.39, 0.29) is 5.76 Å². The Labute approximate surface area is 127 Å². The van der Waals surface area contributed by atoms with Crippen LogP contribution in [0.1, 0.15) is 29.5 Å². The maximum Gasteiger partial charge on any atom is 0.419 e. The lowest BCUT2D eigenvalue weighted by molar-refractivity contribution is 0.390. The van der Waals surface area contributed by atoms with E-state index >= 15 is 0 Å². The van der Waals surface area contributed by atoms with Gasteiger partial charge in [0.25, 0.3) is 0 Å². The Hall–Kier alpha value is -2.34. The molecule has 0 radical (unpaired) electrons. The van der Waals surface area contributed by atoms with Crippen LogP contribution in [-0.2, 0) is 26.6 Å². The molecule has 1 N–H and O–H groups in total. The molecule has 3 aromatic rings. The molecule has 0 aliphatic rings. The molecule has 0 saturated heterocycles. The molecule has 0 atom stereocenters. The second kappa shape index (κ2) is 5.81. The summed E-state index contributed by atoms with van der Waals surface area (Å²) in [5, 5.41) is 7.42. The quantitative estimate of drug-likeness (QED) is 0.782. The van der Waals surface area contributed by atoms with Crippen LogP contribution in [0.25, 0.3) is 11.1 Å². The number of rotatable bonds is 5. The number of benzene rings is 1. The summed E-state index contributed by atoms with van der Waals surface area (Å²) >= 11 is 0. The zero-order valence-corrected chi connectivity index (χ0v) is 13.0. The molecular formula is C16H19N3O3. The smallest absolute Gasteiger partial charge is 0.408 e. The summed E-state index contributed by atoms with van der Waals surface area (Å²) in [7, 11) is 1.70. The molecule has 0 amide bonds. The van der Waals surface area contributed by atoms with Crippen molar-refractivity contribution < 1.29 is 8.94 Å². The van der Waals surface area contributed by atoms with E-state index in [1.54, 1.807) is 7.05 Å². The molecule has 2 aromatic heterocycles. The van der Waals surface area contributed by atoms with Gasteiger partial charge in [-0.2, -0.15) is 0 Å². The molecule has 2 heterocycles. The van der Waals surface area contributed by atoms with Crippen LogP contribution < -0.4 is 11.1 Å². The van der Waals surface area contributed by atoms with E-state index in [4.69, 9.17) is 8.94 Å². The van der Waals surface area contributed by atoms with Gasteiger partial charge in [-0.15, -0.1) is 0 Å². The SMILES string of the molecule is CCc1noc(C)c1CNCc1ccc2c(c1)oc(=O)n2C. The number of fused-ring (bicyclic) bond motifs is 1. The van der Waals surface area contributed by atoms with Gasteiger partial charge in [0, 0.05) is 25.7 Å². The van der Waals surface area contributed by atoms with Crippen molar-refractivity contribution >= 4 is 11.1 Å². The van der Waals surface area contributed by atoms with Crippen LogP contribution in [0.5, 0.6) is 0 Å². The fourth-order valence-electron chi connectivity index (χ4n) is 2.56. The molecule has 116 valence electrons. The normalized spacial score (nSPS) is 11.4. The van der Waals surface area contributed by atoms with Gasteiger partial charge in [-0.3, -0.25) is 4.57 Å². The average molecular weight is 301 g/mol. The van der Waals surface area contributed by atoms with E-state index in [1.807, 2.05) is 25.1 Å². The number of hydrogen-bond acceptors (Lipinski definition) is 5. The van der Waals surface area contributed by atoms with Crippen LogP contribution in [0.3, 0.4) is 0 Å². The molecular weight excluding hydrogens is 282 g/mol. The first-order chi connectivity index (χ1) is 10.6. The van der Waals surface area contributed by atoms with E-state index in [0.717, 1.165) is 34.5 Å². The number of nitrogens with one attached hydrogen (secondary N) is 1. The van der Waals surface area contributed by atoms with Crippen LogP contribution in [0.15, 0.2) is 31.9 Å². The molecule has 22 heavy (non-hydrogen) atoms. The highest BCUT2D eigenvalue weighted by molar-refractivity contribution is 5.73. The topological polar surface area (TPSA) is 73.2 Å². The number of hydrogen-bond donors (Lipinski definition) is 1. The summed E-state index contributed by atoms with van der Waals surface area (Å²) in [5.74, 6) is 0.515. The zero-order chi connectivity index (χ0) is 15.7. The minimum Gasteiger partial charge on any atom is -0.408 e. The molecule has 0 unspecified atom stereocenters. The number of nitrogens with zero attached hydrogens (tertiary/aromatic N) is 2. The van der Waals surface area contributed by atoms with Crippen molar-refractivity contribution in [3.8, 4) is 0 Å². The van der Waals surface area contributed by atoms with Gasteiger partial charge in [-0.1, -0.05) is 18.1 Å². The predicted octanol–water partition coefficient (Wildman–Crippen LogP) is 2.28. The zero-order valence-electron chi connectivity index (χ0n) is 13.0. The Kier molecular flexibility index (Phi) is 3.85. The summed E-state index contributed by atoms with van der Waals surface area (Å²) in [6.07, 6.45) is 0.857. The van der Waals surface area contributed by atoms with Crippen molar-refractivity contribution in [3.63, 3.8) is 0 Å². The van der Waals surface area contributed by atoms with Gasteiger partial charge in [-0.25, -0.2) is 4.79 Å². The molecule has 0 bridgehead atoms. The first kappa shape index (κ1) is 14.6. The maximum atomic E-state index is 11.5. The lowest BCUT2D eigenvalue weighted by atomic mass is 10.1. The summed E-state index contributed by atoms with van der Waals surface area (Å²) in [4.78, 5) is 11.5. The van der Waals surface area contributed by atoms with Crippen LogP contribution >= 0.6 is 0 Å². The Morgan fingerprint density at radius 2 is 2.14 bits per heavy atom. The van der Waals surface area contributed by atoms with E-state index in [9.17, 15) is 4.79 Å². The monoisotopic (exact) mass is 301 g/mol. The summed E-state index contributed by atoms with van der Waals surface area (Å²) in [6.45, 7) is 5.37. The average Bonchev–Trinajstić information content (AvgIpc) is 3.00. The predicted molar refractivity (Wildman–Crippen MR) is 82.6 cm³/mol. The largest absolute Gasteiger partial charge is 0.419 e. The van der Waals surface area contributed by atoms with E-state index in [0.29, 0.717) is 18.7 Å². The number of oxazole rings is 1. The van der Waals surface area contributed by atoms with Crippen molar-refractivity contribution in [1.82, 2.24) is 15.0 Å². The third kappa shape index (κ3) is 2.57. The standard InChI is InChI=1S/C16H19N3O3/c1-4-13-12(10(2)22-18-13)9-17-8-11-5-6-14-15(7-11)21-16(20)19(14)3/h5-7,17H,4,8-9H2,1-3H3. The Bertz CT molecular complexity index is 857. The van der Waals surface area contributed by atoms with Gasteiger partial charge in [0.05, 0.1) is 11.2 Å². The van der Waals surface area contributed by atoms with Gasteiger partial charge >= 0.3 is 5.76 Å². The molecule has 0 spiro atoms. The summed E-state index contributed by atoms with van der Waals surface area (Å²) in [6, 6.07) is 5.79. The van der Waals surface area contributed by atoms with E-state index in [1.165, 1.54) is 4.57 Å². The molecule has 0 fully saturated rings. The Morgan fingerprint density at radius 3 is 2.91 bits per heavy atom. The maximum absolute atomic E-state index is 11.5. The lowest BCUT2D eigenvalue weighted by Crippen LogP contribution is -2.14. The van der Waals surface area contributed by atoms with Gasteiger partial charge in [-0.05, 0) is 31.0 Å². The summed E-state index contributed by atoms with van der Waals surface area (Å²) in [5.41, 5.74) is 4.59. The van der Waals surface area contributed by atoms with Gasteiger partial charge < -0.3 is 14.3 Å². The molecule has 3 rings (SSSR count). The highest BCUT2D eigenvalue weighted by Gasteiger charge is 2.11. The van der Waals surface area contributed by atoms with Crippen LogP contribution in [0, 0.1) is 6.92 Å². The van der Waals surface area contributed by atoms with Gasteiger partial charge in [0.1, 0.15) is 5.76 Å². The second-order valence-corrected chi connectivity index (χ2v) is 5.35. The van der Waals surface area contributed by atoms with Crippen molar-refractivity contribution in [2.24, 2.45) is 7.05 Å². The summed E-state index contributed by atoms with van der Waals surface area (Å²) < 4.78 is 11.9. The minimum atomic E-state index is -0.340. The van der Waals surface area contributed by atoms with Crippen molar-refractivity contribution in [1.29, 1.82) is 0 Å². The molecule has 0 aliphatic heterocycles. The first-order valence-corrected chi connectivity index (χ1v) is 7.33. The third-order valence-corrected chi connectivity index (χ3v) is 3.89. The highest BCUT2D eigenvalue weighted by atomic mass is 16.5. The minimum absolute atomic E-state index is 0.340. The third-order valence-electron chi connectivity index (χ3n) is 3.89. The first-order valence-electron chi connectivity index (χ1n) is 7.33. The Morgan fingerprint density at radius 1 is 1.32 bits per heavy atom. The lowest BCUT2D eigenvalue weighted by Gasteiger charge is -2.05. The molecule has 6 heteroatoms. The fraction of sp³-hybridized carbons (Fsp3) is 0.375. The van der Waals surface area contributed by atoms with Crippen molar-refractivity contribution in [2.45, 2.75) is 33.4 Å². The molecule has 6 nitrogen and oxygen atoms in total. The van der Waals surface area contributed by atoms with Gasteiger partial charge in [0.15, 0.2) is 5.58 Å². The van der Waals surface area contributed by atoms with Crippen LogP contribution in [-0.4, -0.2) is 9.72 Å². The molecule has 1 aromatic carbocycles. The van der Waals surface area contributed by atoms with E-state index in [2.05, 4.69) is 17.4 Å². The molecule has 0 aliphatic carbocycles. The number of aryl methyl sites for hydroxylation is 3. The van der Waals surface area contributed by atoms with Crippen molar-refractivity contribution in [3.05, 3.63) is 51.3 Å². The van der Waals surface area contributed by atoms with Gasteiger partial charge in [0.2, 0.25) is 0 Å². The van der Waals surface area contributed by atoms with Crippen LogP contribution in [0.2, 0.25) is 0 Å². The van der Waals surface area contributed by atoms with E-state index < -0.39 is 0 Å². The molecule has 0 saturated carbocycles. The fourth-order valence-corrected chi connectivity index (χ4v) is 2.56. The Balaban J connectivity index is 1.71. The van der Waals surface area contributed by atoms with Crippen molar-refractivity contribution in [2.75, 3.05) is 0 Å². The highest BCUT2D eigenvalue weighted by Crippen LogP contribution is 2.16. The second-order valence-electron chi connectivity index (χ2n) is 5.35.